The fourth-order valence-corrected chi connectivity index (χ4v) is 4.49. The lowest BCUT2D eigenvalue weighted by atomic mass is 10.5. The molecule has 0 unspecified atom stereocenters. The van der Waals surface area contributed by atoms with Gasteiger partial charge in [0.2, 0.25) is 0 Å². The monoisotopic (exact) mass is 311 g/mol. The second-order valence-electron chi connectivity index (χ2n) is 4.29. The number of nitrogens with zero attached hydrogens (tertiary/aromatic N) is 1. The van der Waals surface area contributed by atoms with Crippen LogP contribution in [0.25, 0.3) is 0 Å². The Labute approximate surface area is 120 Å². The Balaban J connectivity index is 2.64. The van der Waals surface area contributed by atoms with Gasteiger partial charge in [0, 0.05) is 13.1 Å². The van der Waals surface area contributed by atoms with E-state index in [9.17, 15) is 0 Å². The molecule has 0 amide bonds. The summed E-state index contributed by atoms with van der Waals surface area (Å²) in [6, 6.07) is 0. The number of aliphatic hydroxyl groups is 3. The molecule has 0 bridgehead atoms. The van der Waals surface area contributed by atoms with Crippen LogP contribution in [-0.4, -0.2) is 101 Å². The largest absolute Gasteiger partial charge is 0.516 e. The fourth-order valence-electron chi connectivity index (χ4n) is 1.90. The minimum Gasteiger partial charge on any atom is -0.394 e. The Morgan fingerprint density at radius 2 is 1.30 bits per heavy atom. The van der Waals surface area contributed by atoms with Gasteiger partial charge in [0.05, 0.1) is 59.0 Å². The van der Waals surface area contributed by atoms with Gasteiger partial charge in [0.15, 0.2) is 0 Å². The molecular weight excluding hydrogens is 286 g/mol. The van der Waals surface area contributed by atoms with Crippen LogP contribution in [0.4, 0.5) is 0 Å². The average molecular weight is 311 g/mol. The molecule has 0 aromatic rings. The lowest BCUT2D eigenvalue weighted by Gasteiger charge is -2.35. The Bertz CT molecular complexity index is 219. The third kappa shape index (κ3) is 6.57. The van der Waals surface area contributed by atoms with Gasteiger partial charge >= 0.3 is 8.80 Å². The summed E-state index contributed by atoms with van der Waals surface area (Å²) in [6.45, 7) is 2.70. The van der Waals surface area contributed by atoms with E-state index in [0.717, 1.165) is 13.1 Å². The van der Waals surface area contributed by atoms with Gasteiger partial charge in [-0.2, -0.15) is 0 Å². The lowest BCUT2D eigenvalue weighted by Crippen LogP contribution is -2.58. The van der Waals surface area contributed by atoms with Crippen LogP contribution in [0.2, 0.25) is 0 Å². The molecule has 0 atom stereocenters. The van der Waals surface area contributed by atoms with E-state index >= 15 is 0 Å². The molecule has 3 N–H and O–H groups in total. The van der Waals surface area contributed by atoms with Crippen molar-refractivity contribution < 1.29 is 33.3 Å². The van der Waals surface area contributed by atoms with Crippen LogP contribution in [0, 0.1) is 0 Å². The summed E-state index contributed by atoms with van der Waals surface area (Å²) in [5.74, 6) is 0. The number of morpholine rings is 1. The highest BCUT2D eigenvalue weighted by atomic mass is 28.4. The van der Waals surface area contributed by atoms with Gasteiger partial charge in [0.1, 0.15) is 0 Å². The third-order valence-electron chi connectivity index (χ3n) is 2.76. The van der Waals surface area contributed by atoms with E-state index in [1.807, 2.05) is 0 Å². The first kappa shape index (κ1) is 17.9. The second kappa shape index (κ2) is 10.6. The highest BCUT2D eigenvalue weighted by Gasteiger charge is 2.43. The first-order valence-electron chi connectivity index (χ1n) is 6.81. The summed E-state index contributed by atoms with van der Waals surface area (Å²) in [7, 11) is -3.06. The maximum absolute atomic E-state index is 8.94. The molecule has 0 radical (unpaired) electrons. The van der Waals surface area contributed by atoms with Crippen molar-refractivity contribution in [2.75, 3.05) is 72.1 Å². The minimum absolute atomic E-state index is 0.105. The van der Waals surface area contributed by atoms with Crippen molar-refractivity contribution in [2.24, 2.45) is 0 Å². The van der Waals surface area contributed by atoms with Gasteiger partial charge < -0.3 is 33.3 Å². The predicted octanol–water partition coefficient (Wildman–Crippen LogP) is -2.18. The van der Waals surface area contributed by atoms with Crippen molar-refractivity contribution in [3.63, 3.8) is 0 Å². The third-order valence-corrected chi connectivity index (χ3v) is 5.53. The second-order valence-corrected chi connectivity index (χ2v) is 6.84. The molecule has 0 spiro atoms. The minimum atomic E-state index is -3.06. The normalized spacial score (nSPS) is 17.6. The fraction of sp³-hybridized carbons (Fsp3) is 1.00. The molecule has 1 rings (SSSR count). The Morgan fingerprint density at radius 3 is 1.70 bits per heavy atom. The molecule has 1 saturated heterocycles. The highest BCUT2D eigenvalue weighted by molar-refractivity contribution is 6.60. The number of hydrogen-bond donors (Lipinski definition) is 3. The van der Waals surface area contributed by atoms with E-state index in [1.165, 1.54) is 0 Å². The summed E-state index contributed by atoms with van der Waals surface area (Å²) in [5, 5.41) is 26.8. The molecule has 120 valence electrons. The summed E-state index contributed by atoms with van der Waals surface area (Å²) < 4.78 is 22.2. The molecule has 1 aliphatic rings. The van der Waals surface area contributed by atoms with E-state index in [4.69, 9.17) is 33.3 Å². The van der Waals surface area contributed by atoms with Gasteiger partial charge in [-0.3, -0.25) is 4.90 Å². The van der Waals surface area contributed by atoms with Gasteiger partial charge in [0.25, 0.3) is 0 Å². The standard InChI is InChI=1S/C11H25NO7Si/c13-3-8-17-20(18-9-4-14,19-10-5-15)11-12-1-6-16-7-2-12/h13-15H,1-11H2. The molecule has 0 aromatic heterocycles. The van der Waals surface area contributed by atoms with Crippen molar-refractivity contribution in [2.45, 2.75) is 0 Å². The van der Waals surface area contributed by atoms with Crippen molar-refractivity contribution >= 4 is 8.80 Å². The molecule has 9 heteroatoms. The van der Waals surface area contributed by atoms with Crippen LogP contribution in [-0.2, 0) is 18.0 Å². The highest BCUT2D eigenvalue weighted by Crippen LogP contribution is 2.13. The van der Waals surface area contributed by atoms with Crippen LogP contribution in [0.15, 0.2) is 0 Å². The zero-order valence-corrected chi connectivity index (χ0v) is 12.7. The topological polar surface area (TPSA) is 101 Å². The SMILES string of the molecule is OCCO[Si](CN1CCOCC1)(OCCO)OCCO. The number of aliphatic hydroxyl groups excluding tert-OH is 3. The lowest BCUT2D eigenvalue weighted by molar-refractivity contribution is -0.000156. The van der Waals surface area contributed by atoms with E-state index in [0.29, 0.717) is 19.4 Å². The van der Waals surface area contributed by atoms with E-state index in [1.54, 1.807) is 0 Å². The van der Waals surface area contributed by atoms with Gasteiger partial charge in [-0.25, -0.2) is 0 Å². The van der Waals surface area contributed by atoms with Crippen LogP contribution in [0.3, 0.4) is 0 Å². The zero-order chi connectivity index (χ0) is 14.7. The first-order chi connectivity index (χ1) is 9.76. The van der Waals surface area contributed by atoms with Crippen LogP contribution in [0.1, 0.15) is 0 Å². The summed E-state index contributed by atoms with van der Waals surface area (Å²) in [6.07, 6.45) is 0.455. The van der Waals surface area contributed by atoms with Gasteiger partial charge in [-0.05, 0) is 0 Å². The average Bonchev–Trinajstić information content (AvgIpc) is 2.49. The predicted molar refractivity (Wildman–Crippen MR) is 72.1 cm³/mol. The van der Waals surface area contributed by atoms with E-state index in [-0.39, 0.29) is 39.6 Å². The Hall–Kier alpha value is -0.103. The first-order valence-corrected chi connectivity index (χ1v) is 8.74. The van der Waals surface area contributed by atoms with Crippen LogP contribution < -0.4 is 0 Å². The molecule has 1 aliphatic heterocycles. The molecule has 20 heavy (non-hydrogen) atoms. The molecule has 8 nitrogen and oxygen atoms in total. The number of ether oxygens (including phenoxy) is 1. The van der Waals surface area contributed by atoms with Crippen molar-refractivity contribution in [3.05, 3.63) is 0 Å². The molecule has 0 aromatic carbocycles. The zero-order valence-electron chi connectivity index (χ0n) is 11.7. The van der Waals surface area contributed by atoms with E-state index < -0.39 is 8.80 Å². The van der Waals surface area contributed by atoms with Gasteiger partial charge in [-0.1, -0.05) is 0 Å². The Morgan fingerprint density at radius 1 is 0.850 bits per heavy atom. The van der Waals surface area contributed by atoms with Crippen molar-refractivity contribution in [3.8, 4) is 0 Å². The summed E-state index contributed by atoms with van der Waals surface area (Å²) >= 11 is 0. The van der Waals surface area contributed by atoms with E-state index in [2.05, 4.69) is 4.90 Å². The quantitative estimate of drug-likeness (QED) is 0.370. The Kier molecular flexibility index (Phi) is 9.51. The summed E-state index contributed by atoms with van der Waals surface area (Å²) in [5.41, 5.74) is 0. The van der Waals surface area contributed by atoms with Crippen LogP contribution in [0.5, 0.6) is 0 Å². The molecule has 0 saturated carbocycles. The molecule has 0 aliphatic carbocycles. The molecule has 1 fully saturated rings. The smallest absolute Gasteiger partial charge is 0.394 e. The number of hydrogen-bond acceptors (Lipinski definition) is 8. The van der Waals surface area contributed by atoms with Crippen molar-refractivity contribution in [1.82, 2.24) is 4.90 Å². The van der Waals surface area contributed by atoms with Crippen molar-refractivity contribution in [1.29, 1.82) is 0 Å². The maximum Gasteiger partial charge on any atom is 0.516 e. The number of rotatable bonds is 11. The molecule has 1 heterocycles. The van der Waals surface area contributed by atoms with Gasteiger partial charge in [-0.15, -0.1) is 0 Å². The maximum atomic E-state index is 8.94. The summed E-state index contributed by atoms with van der Waals surface area (Å²) in [4.78, 5) is 2.11. The van der Waals surface area contributed by atoms with Crippen LogP contribution >= 0.6 is 0 Å². The molecular formula is C11H25NO7Si.